The Kier molecular flexibility index (Phi) is 6.27. The molecule has 0 aliphatic heterocycles. The Morgan fingerprint density at radius 2 is 1.97 bits per heavy atom. The topological polar surface area (TPSA) is 67.7 Å². The molecule has 0 radical (unpaired) electrons. The maximum Gasteiger partial charge on any atom is 0.255 e. The molecule has 0 atom stereocenters. The Morgan fingerprint density at radius 3 is 2.78 bits per heavy atom. The number of halogens is 1. The Labute approximate surface area is 203 Å². The van der Waals surface area contributed by atoms with Crippen LogP contribution < -0.4 is 5.32 Å². The molecule has 0 unspecified atom stereocenters. The number of thiophene rings is 1. The first kappa shape index (κ1) is 21.2. The van der Waals surface area contributed by atoms with Gasteiger partial charge in [-0.05, 0) is 90.2 Å². The summed E-state index contributed by atoms with van der Waals surface area (Å²) >= 11 is 3.90. The molecule has 1 N–H and O–H groups in total. The van der Waals surface area contributed by atoms with Crippen LogP contribution in [0.15, 0.2) is 68.6 Å². The zero-order valence-electron chi connectivity index (χ0n) is 17.3. The summed E-state index contributed by atoms with van der Waals surface area (Å²) in [6, 6.07) is 15.7. The first-order valence-corrected chi connectivity index (χ1v) is 12.4. The van der Waals surface area contributed by atoms with Gasteiger partial charge in [0, 0.05) is 14.0 Å². The van der Waals surface area contributed by atoms with Gasteiger partial charge in [-0.15, -0.1) is 11.3 Å². The third kappa shape index (κ3) is 4.59. The first-order chi connectivity index (χ1) is 15.7. The monoisotopic (exact) mass is 556 g/mol. The second-order valence-electron chi connectivity index (χ2n) is 7.62. The number of rotatable bonds is 6. The van der Waals surface area contributed by atoms with Gasteiger partial charge in [-0.3, -0.25) is 4.79 Å². The lowest BCUT2D eigenvalue weighted by Gasteiger charge is -2.12. The molecule has 4 aromatic rings. The molecule has 0 saturated heterocycles. The van der Waals surface area contributed by atoms with Crippen molar-refractivity contribution in [3.05, 3.63) is 85.9 Å². The van der Waals surface area contributed by atoms with Crippen molar-refractivity contribution in [3.8, 4) is 11.3 Å². The molecule has 162 valence electrons. The van der Waals surface area contributed by atoms with Crippen LogP contribution in [0.5, 0.6) is 0 Å². The van der Waals surface area contributed by atoms with Gasteiger partial charge in [0.1, 0.15) is 22.3 Å². The second kappa shape index (κ2) is 9.46. The molecule has 3 heterocycles. The zero-order valence-corrected chi connectivity index (χ0v) is 20.2. The number of hydrogen-bond acceptors (Lipinski definition) is 5. The van der Waals surface area contributed by atoms with Crippen molar-refractivity contribution in [1.29, 1.82) is 0 Å². The van der Waals surface area contributed by atoms with Crippen LogP contribution in [0, 0.1) is 3.57 Å². The molecule has 0 saturated carbocycles. The number of hydrogen-bond donors (Lipinski definition) is 1. The average molecular weight is 556 g/mol. The number of furan rings is 2. The number of aliphatic imine (C=N–C) groups is 1. The standard InChI is InChI=1S/C25H21IN2O3S/c26-17-9-7-16(8-10-17)21-12-11-19(31-21)15-28-25-23(20-5-1-2-6-22(20)32-25)24(29)27-14-18-4-3-13-30-18/h3-4,7-13,15H,1-2,5-6,14H2,(H,27,29). The summed E-state index contributed by atoms with van der Waals surface area (Å²) in [6.07, 6.45) is 7.49. The quantitative estimate of drug-likeness (QED) is 0.211. The summed E-state index contributed by atoms with van der Waals surface area (Å²) in [7, 11) is 0. The van der Waals surface area contributed by atoms with Gasteiger partial charge < -0.3 is 14.2 Å². The van der Waals surface area contributed by atoms with E-state index in [1.54, 1.807) is 23.8 Å². The van der Waals surface area contributed by atoms with E-state index >= 15 is 0 Å². The minimum absolute atomic E-state index is 0.105. The maximum absolute atomic E-state index is 13.1. The number of nitrogens with one attached hydrogen (secondary N) is 1. The predicted octanol–water partition coefficient (Wildman–Crippen LogP) is 6.77. The van der Waals surface area contributed by atoms with Crippen molar-refractivity contribution in [2.24, 2.45) is 4.99 Å². The van der Waals surface area contributed by atoms with E-state index in [0.29, 0.717) is 17.9 Å². The van der Waals surface area contributed by atoms with Crippen LogP contribution in [0.3, 0.4) is 0 Å². The van der Waals surface area contributed by atoms with Crippen molar-refractivity contribution in [1.82, 2.24) is 5.32 Å². The molecule has 5 nitrogen and oxygen atoms in total. The van der Waals surface area contributed by atoms with Crippen molar-refractivity contribution >= 4 is 51.1 Å². The smallest absolute Gasteiger partial charge is 0.255 e. The molecule has 7 heteroatoms. The third-order valence-corrected chi connectivity index (χ3v) is 7.37. The molecule has 5 rings (SSSR count). The molecule has 0 fully saturated rings. The van der Waals surface area contributed by atoms with Crippen LogP contribution in [-0.4, -0.2) is 12.1 Å². The number of amides is 1. The lowest BCUT2D eigenvalue weighted by molar-refractivity contribution is 0.0948. The van der Waals surface area contributed by atoms with E-state index in [1.165, 1.54) is 8.45 Å². The summed E-state index contributed by atoms with van der Waals surface area (Å²) in [4.78, 5) is 19.0. The van der Waals surface area contributed by atoms with Gasteiger partial charge in [0.05, 0.1) is 24.6 Å². The van der Waals surface area contributed by atoms with E-state index in [0.717, 1.165) is 53.3 Å². The Bertz CT molecular complexity index is 1250. The molecule has 0 spiro atoms. The highest BCUT2D eigenvalue weighted by atomic mass is 127. The summed E-state index contributed by atoms with van der Waals surface area (Å²) in [6.45, 7) is 0.358. The van der Waals surface area contributed by atoms with Crippen LogP contribution in [0.1, 0.15) is 45.2 Å². The van der Waals surface area contributed by atoms with Crippen molar-refractivity contribution in [2.75, 3.05) is 0 Å². The van der Waals surface area contributed by atoms with E-state index in [9.17, 15) is 4.79 Å². The van der Waals surface area contributed by atoms with E-state index < -0.39 is 0 Å². The van der Waals surface area contributed by atoms with Crippen LogP contribution in [0.25, 0.3) is 11.3 Å². The van der Waals surface area contributed by atoms with Crippen molar-refractivity contribution < 1.29 is 13.6 Å². The molecule has 0 bridgehead atoms. The maximum atomic E-state index is 13.1. The van der Waals surface area contributed by atoms with Crippen LogP contribution in [-0.2, 0) is 19.4 Å². The van der Waals surface area contributed by atoms with Gasteiger partial charge in [0.2, 0.25) is 0 Å². The fraction of sp³-hybridized carbons (Fsp3) is 0.200. The van der Waals surface area contributed by atoms with E-state index in [4.69, 9.17) is 8.83 Å². The molecule has 1 aliphatic rings. The highest BCUT2D eigenvalue weighted by Gasteiger charge is 2.25. The molecular formula is C25H21IN2O3S. The predicted molar refractivity (Wildman–Crippen MR) is 135 cm³/mol. The summed E-state index contributed by atoms with van der Waals surface area (Å²) in [5.74, 6) is 2.08. The second-order valence-corrected chi connectivity index (χ2v) is 9.95. The first-order valence-electron chi connectivity index (χ1n) is 10.5. The van der Waals surface area contributed by atoms with Gasteiger partial charge in [-0.25, -0.2) is 4.99 Å². The molecule has 3 aromatic heterocycles. The van der Waals surface area contributed by atoms with E-state index in [2.05, 4.69) is 45.0 Å². The van der Waals surface area contributed by atoms with Gasteiger partial charge in [-0.2, -0.15) is 0 Å². The highest BCUT2D eigenvalue weighted by Crippen LogP contribution is 2.40. The normalized spacial score (nSPS) is 13.4. The SMILES string of the molecule is O=C(NCc1ccco1)c1c(N=Cc2ccc(-c3ccc(I)cc3)o2)sc2c1CCCC2. The van der Waals surface area contributed by atoms with Crippen molar-refractivity contribution in [2.45, 2.75) is 32.2 Å². The molecular weight excluding hydrogens is 535 g/mol. The Balaban J connectivity index is 1.39. The lowest BCUT2D eigenvalue weighted by Crippen LogP contribution is -2.23. The minimum atomic E-state index is -0.105. The Hall–Kier alpha value is -2.65. The van der Waals surface area contributed by atoms with Gasteiger partial charge in [-0.1, -0.05) is 12.1 Å². The van der Waals surface area contributed by atoms with Gasteiger partial charge in [0.25, 0.3) is 5.91 Å². The number of benzene rings is 1. The van der Waals surface area contributed by atoms with Crippen LogP contribution in [0.4, 0.5) is 5.00 Å². The van der Waals surface area contributed by atoms with E-state index in [1.807, 2.05) is 36.4 Å². The van der Waals surface area contributed by atoms with Crippen LogP contribution in [0.2, 0.25) is 0 Å². The minimum Gasteiger partial charge on any atom is -0.467 e. The summed E-state index contributed by atoms with van der Waals surface area (Å²) in [5.41, 5.74) is 2.86. The molecule has 1 aromatic carbocycles. The third-order valence-electron chi connectivity index (χ3n) is 5.45. The molecule has 1 amide bonds. The molecule has 32 heavy (non-hydrogen) atoms. The number of fused-ring (bicyclic) bond motifs is 1. The molecule has 1 aliphatic carbocycles. The summed E-state index contributed by atoms with van der Waals surface area (Å²) in [5, 5.41) is 3.72. The van der Waals surface area contributed by atoms with Gasteiger partial charge in [0.15, 0.2) is 0 Å². The average Bonchev–Trinajstić information content (AvgIpc) is 3.56. The lowest BCUT2D eigenvalue weighted by atomic mass is 9.95. The fourth-order valence-electron chi connectivity index (χ4n) is 3.86. The zero-order chi connectivity index (χ0) is 21.9. The summed E-state index contributed by atoms with van der Waals surface area (Å²) < 4.78 is 12.5. The number of carbonyl (C=O) groups is 1. The van der Waals surface area contributed by atoms with E-state index in [-0.39, 0.29) is 5.91 Å². The van der Waals surface area contributed by atoms with Gasteiger partial charge >= 0.3 is 0 Å². The number of carbonyl (C=O) groups excluding carboxylic acids is 1. The highest BCUT2D eigenvalue weighted by molar-refractivity contribution is 14.1. The largest absolute Gasteiger partial charge is 0.467 e. The fourth-order valence-corrected chi connectivity index (χ4v) is 5.45. The van der Waals surface area contributed by atoms with Crippen LogP contribution >= 0.6 is 33.9 Å². The van der Waals surface area contributed by atoms with Crippen molar-refractivity contribution in [3.63, 3.8) is 0 Å². The Morgan fingerprint density at radius 1 is 1.12 bits per heavy atom. The number of nitrogens with zero attached hydrogens (tertiary/aromatic N) is 1. The number of aryl methyl sites for hydroxylation is 1.